The fraction of sp³-hybridized carbons (Fsp3) is 0.625. The molecular formula is C8H14O. The second-order valence-corrected chi connectivity index (χ2v) is 2.39. The van der Waals surface area contributed by atoms with Crippen LogP contribution in [-0.2, 0) is 4.79 Å². The molecule has 0 heterocycles. The van der Waals surface area contributed by atoms with E-state index in [9.17, 15) is 4.79 Å². The van der Waals surface area contributed by atoms with Gasteiger partial charge in [0.15, 0.2) is 0 Å². The van der Waals surface area contributed by atoms with Gasteiger partial charge < -0.3 is 0 Å². The Morgan fingerprint density at radius 3 is 2.44 bits per heavy atom. The number of carbonyl (C=O) groups is 1. The van der Waals surface area contributed by atoms with Crippen LogP contribution in [0.3, 0.4) is 0 Å². The molecule has 0 aromatic rings. The normalized spacial score (nSPS) is 11.1. The second kappa shape index (κ2) is 4.30. The van der Waals surface area contributed by atoms with Crippen molar-refractivity contribution in [3.8, 4) is 0 Å². The summed E-state index contributed by atoms with van der Waals surface area (Å²) in [6.07, 6.45) is 4.39. The van der Waals surface area contributed by atoms with Crippen molar-refractivity contribution in [2.45, 2.75) is 27.2 Å². The van der Waals surface area contributed by atoms with Gasteiger partial charge in [0.05, 0.1) is 0 Å². The standard InChI is InChI=1S/C8H14O/c1-4-5-6-8(9)7(2)3/h4-5,7H,6H2,1-3H3/b5-4-. The zero-order chi connectivity index (χ0) is 7.28. The Balaban J connectivity index is 3.51. The average Bonchev–Trinajstić information content (AvgIpc) is 1.82. The fourth-order valence-corrected chi connectivity index (χ4v) is 0.470. The van der Waals surface area contributed by atoms with Gasteiger partial charge in [0, 0.05) is 12.3 Å². The molecule has 0 spiro atoms. The number of Topliss-reactive ketones (excluding diaryl/α,β-unsaturated/α-hetero) is 1. The maximum atomic E-state index is 10.9. The van der Waals surface area contributed by atoms with E-state index in [1.165, 1.54) is 0 Å². The summed E-state index contributed by atoms with van der Waals surface area (Å²) in [5, 5.41) is 0. The van der Waals surface area contributed by atoms with Crippen molar-refractivity contribution >= 4 is 5.78 Å². The number of allylic oxidation sites excluding steroid dienone is 2. The van der Waals surface area contributed by atoms with E-state index < -0.39 is 0 Å². The molecule has 0 aliphatic carbocycles. The summed E-state index contributed by atoms with van der Waals surface area (Å²) in [6, 6.07) is 0. The third kappa shape index (κ3) is 3.95. The number of carbonyl (C=O) groups excluding carboxylic acids is 1. The van der Waals surface area contributed by atoms with Gasteiger partial charge in [-0.05, 0) is 6.92 Å². The highest BCUT2D eigenvalue weighted by Gasteiger charge is 2.02. The number of rotatable bonds is 3. The van der Waals surface area contributed by atoms with E-state index in [1.807, 2.05) is 32.9 Å². The van der Waals surface area contributed by atoms with Crippen molar-refractivity contribution in [2.75, 3.05) is 0 Å². The molecule has 0 saturated carbocycles. The second-order valence-electron chi connectivity index (χ2n) is 2.39. The Labute approximate surface area is 56.8 Å². The molecule has 0 saturated heterocycles. The highest BCUT2D eigenvalue weighted by atomic mass is 16.1. The van der Waals surface area contributed by atoms with E-state index in [2.05, 4.69) is 0 Å². The molecule has 9 heavy (non-hydrogen) atoms. The predicted molar refractivity (Wildman–Crippen MR) is 39.3 cm³/mol. The summed E-state index contributed by atoms with van der Waals surface area (Å²) in [7, 11) is 0. The molecule has 0 fully saturated rings. The third-order valence-corrected chi connectivity index (χ3v) is 1.20. The van der Waals surface area contributed by atoms with Crippen molar-refractivity contribution in [3.63, 3.8) is 0 Å². The maximum absolute atomic E-state index is 10.9. The summed E-state index contributed by atoms with van der Waals surface area (Å²) < 4.78 is 0. The molecule has 0 aliphatic heterocycles. The van der Waals surface area contributed by atoms with Crippen molar-refractivity contribution in [2.24, 2.45) is 5.92 Å². The van der Waals surface area contributed by atoms with E-state index in [4.69, 9.17) is 0 Å². The van der Waals surface area contributed by atoms with Crippen molar-refractivity contribution in [1.29, 1.82) is 0 Å². The summed E-state index contributed by atoms with van der Waals surface area (Å²) in [5.41, 5.74) is 0. The van der Waals surface area contributed by atoms with Gasteiger partial charge in [-0.2, -0.15) is 0 Å². The van der Waals surface area contributed by atoms with Crippen LogP contribution in [0.4, 0.5) is 0 Å². The molecule has 0 bridgehead atoms. The van der Waals surface area contributed by atoms with Crippen LogP contribution in [0.2, 0.25) is 0 Å². The first-order chi connectivity index (χ1) is 4.18. The van der Waals surface area contributed by atoms with Gasteiger partial charge >= 0.3 is 0 Å². The van der Waals surface area contributed by atoms with Gasteiger partial charge in [0.25, 0.3) is 0 Å². The molecule has 0 N–H and O–H groups in total. The van der Waals surface area contributed by atoms with Crippen molar-refractivity contribution in [1.82, 2.24) is 0 Å². The molecule has 1 heteroatoms. The van der Waals surface area contributed by atoms with Crippen LogP contribution < -0.4 is 0 Å². The molecule has 0 rings (SSSR count). The van der Waals surface area contributed by atoms with Crippen LogP contribution in [0.15, 0.2) is 12.2 Å². The van der Waals surface area contributed by atoms with Crippen molar-refractivity contribution < 1.29 is 4.79 Å². The van der Waals surface area contributed by atoms with Gasteiger partial charge in [0.1, 0.15) is 5.78 Å². The number of hydrogen-bond acceptors (Lipinski definition) is 1. The van der Waals surface area contributed by atoms with Crippen molar-refractivity contribution in [3.05, 3.63) is 12.2 Å². The molecule has 0 atom stereocenters. The SMILES string of the molecule is C/C=C\CC(=O)C(C)C. The van der Waals surface area contributed by atoms with Crippen LogP contribution in [-0.4, -0.2) is 5.78 Å². The minimum Gasteiger partial charge on any atom is -0.299 e. The molecule has 0 radical (unpaired) electrons. The van der Waals surface area contributed by atoms with Crippen LogP contribution in [0, 0.1) is 5.92 Å². The minimum absolute atomic E-state index is 0.182. The van der Waals surface area contributed by atoms with Gasteiger partial charge in [-0.15, -0.1) is 0 Å². The highest BCUT2D eigenvalue weighted by Crippen LogP contribution is 1.98. The zero-order valence-corrected chi connectivity index (χ0v) is 6.35. The molecule has 0 aromatic heterocycles. The van der Waals surface area contributed by atoms with E-state index in [0.717, 1.165) is 0 Å². The molecule has 0 aliphatic rings. The Morgan fingerprint density at radius 2 is 2.11 bits per heavy atom. The molecule has 0 aromatic carbocycles. The lowest BCUT2D eigenvalue weighted by molar-refractivity contribution is -0.121. The Kier molecular flexibility index (Phi) is 4.02. The monoisotopic (exact) mass is 126 g/mol. The zero-order valence-electron chi connectivity index (χ0n) is 6.35. The molecular weight excluding hydrogens is 112 g/mol. The Morgan fingerprint density at radius 1 is 1.56 bits per heavy atom. The summed E-state index contributed by atoms with van der Waals surface area (Å²) >= 11 is 0. The molecule has 1 nitrogen and oxygen atoms in total. The first-order valence-corrected chi connectivity index (χ1v) is 3.32. The summed E-state index contributed by atoms with van der Waals surface area (Å²) in [6.45, 7) is 5.77. The lowest BCUT2D eigenvalue weighted by atomic mass is 10.1. The van der Waals surface area contributed by atoms with E-state index in [0.29, 0.717) is 12.2 Å². The highest BCUT2D eigenvalue weighted by molar-refractivity contribution is 5.81. The number of ketones is 1. The first kappa shape index (κ1) is 8.41. The number of hydrogen-bond donors (Lipinski definition) is 0. The van der Waals surface area contributed by atoms with Crippen LogP contribution in [0.5, 0.6) is 0 Å². The first-order valence-electron chi connectivity index (χ1n) is 3.32. The van der Waals surface area contributed by atoms with Gasteiger partial charge in [0.2, 0.25) is 0 Å². The third-order valence-electron chi connectivity index (χ3n) is 1.20. The van der Waals surface area contributed by atoms with Gasteiger partial charge in [-0.1, -0.05) is 26.0 Å². The van der Waals surface area contributed by atoms with Crippen LogP contribution >= 0.6 is 0 Å². The lowest BCUT2D eigenvalue weighted by Gasteiger charge is -1.97. The Hall–Kier alpha value is -0.590. The summed E-state index contributed by atoms with van der Waals surface area (Å²) in [5.74, 6) is 0.495. The van der Waals surface area contributed by atoms with Crippen LogP contribution in [0.25, 0.3) is 0 Å². The van der Waals surface area contributed by atoms with E-state index in [-0.39, 0.29) is 5.92 Å². The fourth-order valence-electron chi connectivity index (χ4n) is 0.470. The van der Waals surface area contributed by atoms with E-state index in [1.54, 1.807) is 0 Å². The molecule has 0 amide bonds. The smallest absolute Gasteiger partial charge is 0.139 e. The predicted octanol–water partition coefficient (Wildman–Crippen LogP) is 2.18. The summed E-state index contributed by atoms with van der Waals surface area (Å²) in [4.78, 5) is 10.9. The van der Waals surface area contributed by atoms with E-state index >= 15 is 0 Å². The van der Waals surface area contributed by atoms with Gasteiger partial charge in [-0.3, -0.25) is 4.79 Å². The minimum atomic E-state index is 0.182. The maximum Gasteiger partial charge on any atom is 0.139 e. The average molecular weight is 126 g/mol. The largest absolute Gasteiger partial charge is 0.299 e. The topological polar surface area (TPSA) is 17.1 Å². The lowest BCUT2D eigenvalue weighted by Crippen LogP contribution is -2.04. The quantitative estimate of drug-likeness (QED) is 0.530. The molecule has 52 valence electrons. The molecule has 0 unspecified atom stereocenters. The van der Waals surface area contributed by atoms with Gasteiger partial charge in [-0.25, -0.2) is 0 Å². The Bertz CT molecular complexity index is 112. The van der Waals surface area contributed by atoms with Crippen LogP contribution in [0.1, 0.15) is 27.2 Å².